The molecule has 1 atom stereocenters. The van der Waals surface area contributed by atoms with Crippen LogP contribution < -0.4 is 10.6 Å². The van der Waals surface area contributed by atoms with Gasteiger partial charge in [0.25, 0.3) is 0 Å². The Hall–Kier alpha value is -3.06. The van der Waals surface area contributed by atoms with Crippen LogP contribution >= 0.6 is 0 Å². The molecule has 0 aliphatic heterocycles. The van der Waals surface area contributed by atoms with Gasteiger partial charge < -0.3 is 15.5 Å². The number of benzene rings is 2. The van der Waals surface area contributed by atoms with Crippen LogP contribution in [0, 0.1) is 11.6 Å². The molecule has 0 bridgehead atoms. The Morgan fingerprint density at radius 3 is 2.45 bits per heavy atom. The summed E-state index contributed by atoms with van der Waals surface area (Å²) in [5.41, 5.74) is 2.06. The first-order valence-corrected chi connectivity index (χ1v) is 9.38. The van der Waals surface area contributed by atoms with E-state index in [0.29, 0.717) is 19.0 Å². The predicted octanol–water partition coefficient (Wildman–Crippen LogP) is 3.48. The molecule has 2 aromatic carbocycles. The molecule has 7 heteroatoms. The number of rotatable bonds is 6. The number of aromatic nitrogens is 1. The summed E-state index contributed by atoms with van der Waals surface area (Å²) in [6.07, 6.45) is 1.78. The zero-order valence-corrected chi connectivity index (χ0v) is 16.8. The van der Waals surface area contributed by atoms with Crippen molar-refractivity contribution in [1.29, 1.82) is 0 Å². The van der Waals surface area contributed by atoms with Crippen molar-refractivity contribution in [3.05, 3.63) is 77.5 Å². The fourth-order valence-electron chi connectivity index (χ4n) is 3.27. The van der Waals surface area contributed by atoms with Gasteiger partial charge in [-0.05, 0) is 43.9 Å². The van der Waals surface area contributed by atoms with Crippen LogP contribution in [0.25, 0.3) is 10.9 Å². The second-order valence-corrected chi connectivity index (χ2v) is 6.91. The van der Waals surface area contributed by atoms with E-state index in [-0.39, 0.29) is 5.56 Å². The van der Waals surface area contributed by atoms with Gasteiger partial charge in [-0.1, -0.05) is 24.3 Å². The van der Waals surface area contributed by atoms with Crippen molar-refractivity contribution in [2.75, 3.05) is 27.7 Å². The molecule has 2 N–H and O–H groups in total. The lowest BCUT2D eigenvalue weighted by molar-refractivity contribution is 0.282. The summed E-state index contributed by atoms with van der Waals surface area (Å²) in [6.45, 7) is 0.838. The van der Waals surface area contributed by atoms with Crippen LogP contribution in [0.15, 0.2) is 59.7 Å². The molecule has 1 heterocycles. The number of likely N-dealkylation sites (N-methyl/N-ethyl adjacent to an activating group) is 1. The highest BCUT2D eigenvalue weighted by atomic mass is 19.1. The van der Waals surface area contributed by atoms with Crippen LogP contribution in [0.4, 0.5) is 8.78 Å². The number of nitrogens with one attached hydrogen (secondary N) is 2. The average Bonchev–Trinajstić information content (AvgIpc) is 2.72. The zero-order valence-electron chi connectivity index (χ0n) is 16.8. The molecular formula is C22H25F2N5. The summed E-state index contributed by atoms with van der Waals surface area (Å²) in [5, 5.41) is 7.50. The van der Waals surface area contributed by atoms with Gasteiger partial charge in [0.1, 0.15) is 11.6 Å². The minimum absolute atomic E-state index is 0.0422. The van der Waals surface area contributed by atoms with E-state index in [1.54, 1.807) is 32.2 Å². The predicted molar refractivity (Wildman–Crippen MR) is 113 cm³/mol. The van der Waals surface area contributed by atoms with Crippen molar-refractivity contribution < 1.29 is 8.78 Å². The van der Waals surface area contributed by atoms with E-state index in [4.69, 9.17) is 0 Å². The number of aliphatic imine (C=N–C) groups is 1. The fraction of sp³-hybridized carbons (Fsp3) is 0.273. The number of hydrogen-bond donors (Lipinski definition) is 2. The normalized spacial score (nSPS) is 13.0. The van der Waals surface area contributed by atoms with E-state index in [2.05, 4.69) is 20.6 Å². The Kier molecular flexibility index (Phi) is 6.72. The van der Waals surface area contributed by atoms with E-state index in [1.807, 2.05) is 30.3 Å². The lowest BCUT2D eigenvalue weighted by Gasteiger charge is -2.26. The van der Waals surface area contributed by atoms with Crippen molar-refractivity contribution in [3.63, 3.8) is 0 Å². The summed E-state index contributed by atoms with van der Waals surface area (Å²) in [7, 11) is 5.24. The summed E-state index contributed by atoms with van der Waals surface area (Å²) in [4.78, 5) is 10.4. The topological polar surface area (TPSA) is 52.6 Å². The second-order valence-electron chi connectivity index (χ2n) is 6.91. The Labute approximate surface area is 169 Å². The molecule has 0 radical (unpaired) electrons. The molecule has 1 aromatic heterocycles. The van der Waals surface area contributed by atoms with Crippen LogP contribution in [0.1, 0.15) is 17.2 Å². The number of pyridine rings is 1. The molecule has 0 aliphatic carbocycles. The van der Waals surface area contributed by atoms with Gasteiger partial charge in [-0.15, -0.1) is 0 Å². The number of hydrogen-bond acceptors (Lipinski definition) is 3. The highest BCUT2D eigenvalue weighted by molar-refractivity contribution is 5.83. The zero-order chi connectivity index (χ0) is 20.8. The third kappa shape index (κ3) is 4.86. The maximum atomic E-state index is 14.2. The number of para-hydroxylation sites is 1. The van der Waals surface area contributed by atoms with Gasteiger partial charge in [-0.25, -0.2) is 8.78 Å². The molecule has 0 saturated carbocycles. The van der Waals surface area contributed by atoms with E-state index in [1.165, 1.54) is 18.2 Å². The van der Waals surface area contributed by atoms with Gasteiger partial charge in [0.2, 0.25) is 0 Å². The van der Waals surface area contributed by atoms with Crippen LogP contribution in [-0.4, -0.2) is 43.5 Å². The average molecular weight is 397 g/mol. The highest BCUT2D eigenvalue weighted by Crippen LogP contribution is 2.24. The van der Waals surface area contributed by atoms with Gasteiger partial charge in [0.05, 0.1) is 11.6 Å². The first-order valence-electron chi connectivity index (χ1n) is 9.38. The van der Waals surface area contributed by atoms with E-state index in [0.717, 1.165) is 16.5 Å². The minimum atomic E-state index is -0.559. The molecule has 152 valence electrons. The molecule has 0 saturated heterocycles. The molecule has 5 nitrogen and oxygen atoms in total. The van der Waals surface area contributed by atoms with E-state index in [9.17, 15) is 8.78 Å². The molecule has 29 heavy (non-hydrogen) atoms. The van der Waals surface area contributed by atoms with Gasteiger partial charge in [0, 0.05) is 37.3 Å². The second kappa shape index (κ2) is 9.43. The molecule has 0 aliphatic rings. The summed E-state index contributed by atoms with van der Waals surface area (Å²) < 4.78 is 28.5. The highest BCUT2D eigenvalue weighted by Gasteiger charge is 2.22. The standard InChI is InChI=1S/C22H25F2N5/c1-25-22(27-13-15-11-12-26-19-10-5-4-7-16(15)19)28-14-20(29(2)3)21-17(23)8-6-9-18(21)24/h4-12,20H,13-14H2,1-3H3,(H2,25,27,28). The quantitative estimate of drug-likeness (QED) is 0.494. The van der Waals surface area contributed by atoms with Crippen molar-refractivity contribution in [2.45, 2.75) is 12.6 Å². The SMILES string of the molecule is CN=C(NCc1ccnc2ccccc12)NCC(c1c(F)cccc1F)N(C)C. The number of nitrogens with zero attached hydrogens (tertiary/aromatic N) is 3. The van der Waals surface area contributed by atoms with Crippen LogP contribution in [-0.2, 0) is 6.54 Å². The van der Waals surface area contributed by atoms with Crippen molar-refractivity contribution in [3.8, 4) is 0 Å². The third-order valence-electron chi connectivity index (χ3n) is 4.83. The molecule has 3 rings (SSSR count). The molecule has 3 aromatic rings. The summed E-state index contributed by atoms with van der Waals surface area (Å²) in [6, 6.07) is 13.3. The lowest BCUT2D eigenvalue weighted by atomic mass is 10.0. The molecule has 0 spiro atoms. The van der Waals surface area contributed by atoms with E-state index < -0.39 is 17.7 Å². The van der Waals surface area contributed by atoms with Crippen molar-refractivity contribution in [1.82, 2.24) is 20.5 Å². The largest absolute Gasteiger partial charge is 0.354 e. The molecular weight excluding hydrogens is 372 g/mol. The van der Waals surface area contributed by atoms with Gasteiger partial charge >= 0.3 is 0 Å². The van der Waals surface area contributed by atoms with Crippen molar-refractivity contribution >= 4 is 16.9 Å². The lowest BCUT2D eigenvalue weighted by Crippen LogP contribution is -2.41. The van der Waals surface area contributed by atoms with Gasteiger partial charge in [-0.2, -0.15) is 0 Å². The molecule has 0 amide bonds. The third-order valence-corrected chi connectivity index (χ3v) is 4.83. The Bertz CT molecular complexity index is 978. The van der Waals surface area contributed by atoms with Crippen LogP contribution in [0.5, 0.6) is 0 Å². The summed E-state index contributed by atoms with van der Waals surface area (Å²) in [5.74, 6) is -0.567. The van der Waals surface area contributed by atoms with Crippen LogP contribution in [0.2, 0.25) is 0 Å². The smallest absolute Gasteiger partial charge is 0.191 e. The Morgan fingerprint density at radius 2 is 1.76 bits per heavy atom. The molecule has 1 unspecified atom stereocenters. The first kappa shape index (κ1) is 20.7. The maximum absolute atomic E-state index is 14.2. The van der Waals surface area contributed by atoms with Gasteiger partial charge in [-0.3, -0.25) is 9.98 Å². The van der Waals surface area contributed by atoms with Gasteiger partial charge in [0.15, 0.2) is 5.96 Å². The van der Waals surface area contributed by atoms with E-state index >= 15 is 0 Å². The number of halogens is 2. The molecule has 0 fully saturated rings. The first-order chi connectivity index (χ1) is 14.0. The number of fused-ring (bicyclic) bond motifs is 1. The van der Waals surface area contributed by atoms with Crippen molar-refractivity contribution in [2.24, 2.45) is 4.99 Å². The Morgan fingerprint density at radius 1 is 1.03 bits per heavy atom. The summed E-state index contributed by atoms with van der Waals surface area (Å²) >= 11 is 0. The van der Waals surface area contributed by atoms with Crippen LogP contribution in [0.3, 0.4) is 0 Å². The maximum Gasteiger partial charge on any atom is 0.191 e. The minimum Gasteiger partial charge on any atom is -0.354 e. The monoisotopic (exact) mass is 397 g/mol. The fourth-order valence-corrected chi connectivity index (χ4v) is 3.27. The Balaban J connectivity index is 1.69. The number of guanidine groups is 1.